The second-order valence-electron chi connectivity index (χ2n) is 6.34. The van der Waals surface area contributed by atoms with Crippen LogP contribution >= 0.6 is 0 Å². The molecular formula is C18H22FN3O3. The number of carboxylic acid groups (broad SMARTS) is 1. The van der Waals surface area contributed by atoms with Gasteiger partial charge in [0, 0.05) is 30.7 Å². The van der Waals surface area contributed by atoms with Gasteiger partial charge in [-0.1, -0.05) is 6.92 Å². The number of rotatable bonds is 8. The van der Waals surface area contributed by atoms with Gasteiger partial charge in [0.25, 0.3) is 0 Å². The summed E-state index contributed by atoms with van der Waals surface area (Å²) in [4.78, 5) is 23.7. The largest absolute Gasteiger partial charge is 0.477 e. The second kappa shape index (κ2) is 7.23. The fourth-order valence-electron chi connectivity index (χ4n) is 2.90. The van der Waals surface area contributed by atoms with Crippen LogP contribution in [0.1, 0.15) is 42.6 Å². The molecule has 2 aromatic rings. The first-order valence-corrected chi connectivity index (χ1v) is 8.59. The zero-order valence-corrected chi connectivity index (χ0v) is 14.1. The predicted octanol–water partition coefficient (Wildman–Crippen LogP) is 2.59. The van der Waals surface area contributed by atoms with E-state index in [1.54, 1.807) is 10.6 Å². The van der Waals surface area contributed by atoms with E-state index < -0.39 is 17.2 Å². The maximum Gasteiger partial charge on any atom is 0.341 e. The van der Waals surface area contributed by atoms with E-state index in [-0.39, 0.29) is 17.0 Å². The van der Waals surface area contributed by atoms with E-state index in [1.807, 2.05) is 0 Å². The number of carbonyl (C=O) groups is 1. The topological polar surface area (TPSA) is 83.4 Å². The molecule has 1 heterocycles. The number of benzene rings is 1. The molecule has 1 aromatic heterocycles. The van der Waals surface area contributed by atoms with Crippen LogP contribution in [0.2, 0.25) is 0 Å². The SMILES string of the molecule is CCCNCCNc1cc2c(cc1F)c(=O)c(C(=O)O)cn2C1CC1. The molecule has 6 nitrogen and oxygen atoms in total. The zero-order chi connectivity index (χ0) is 18.0. The van der Waals surface area contributed by atoms with Gasteiger partial charge in [0.15, 0.2) is 0 Å². The Bertz CT molecular complexity index is 859. The average Bonchev–Trinajstić information content (AvgIpc) is 3.40. The lowest BCUT2D eigenvalue weighted by Gasteiger charge is -2.14. The van der Waals surface area contributed by atoms with Gasteiger partial charge in [-0.25, -0.2) is 9.18 Å². The van der Waals surface area contributed by atoms with Crippen molar-refractivity contribution in [2.75, 3.05) is 25.0 Å². The summed E-state index contributed by atoms with van der Waals surface area (Å²) >= 11 is 0. The third kappa shape index (κ3) is 3.66. The number of aromatic carboxylic acids is 1. The molecule has 1 fully saturated rings. The van der Waals surface area contributed by atoms with Crippen LogP contribution in [-0.2, 0) is 0 Å². The van der Waals surface area contributed by atoms with Crippen molar-refractivity contribution in [1.82, 2.24) is 9.88 Å². The molecular weight excluding hydrogens is 325 g/mol. The Kier molecular flexibility index (Phi) is 5.03. The van der Waals surface area contributed by atoms with Crippen LogP contribution in [0.25, 0.3) is 10.9 Å². The average molecular weight is 347 g/mol. The highest BCUT2D eigenvalue weighted by Gasteiger charge is 2.27. The van der Waals surface area contributed by atoms with Crippen LogP contribution in [0, 0.1) is 5.82 Å². The maximum absolute atomic E-state index is 14.4. The highest BCUT2D eigenvalue weighted by atomic mass is 19.1. The smallest absolute Gasteiger partial charge is 0.341 e. The van der Waals surface area contributed by atoms with Crippen molar-refractivity contribution in [1.29, 1.82) is 0 Å². The normalized spacial score (nSPS) is 14.0. The van der Waals surface area contributed by atoms with Crippen LogP contribution in [0.3, 0.4) is 0 Å². The molecule has 0 unspecified atom stereocenters. The summed E-state index contributed by atoms with van der Waals surface area (Å²) in [6, 6.07) is 2.92. The van der Waals surface area contributed by atoms with Crippen molar-refractivity contribution >= 4 is 22.6 Å². The van der Waals surface area contributed by atoms with Crippen molar-refractivity contribution in [3.8, 4) is 0 Å². The van der Waals surface area contributed by atoms with Crippen LogP contribution in [0.5, 0.6) is 0 Å². The van der Waals surface area contributed by atoms with Gasteiger partial charge in [-0.3, -0.25) is 4.79 Å². The van der Waals surface area contributed by atoms with Crippen LogP contribution in [-0.4, -0.2) is 35.3 Å². The quantitative estimate of drug-likeness (QED) is 0.639. The fourth-order valence-corrected chi connectivity index (χ4v) is 2.90. The third-order valence-electron chi connectivity index (χ3n) is 4.34. The van der Waals surface area contributed by atoms with E-state index in [4.69, 9.17) is 0 Å². The Hall–Kier alpha value is -2.41. The van der Waals surface area contributed by atoms with Crippen molar-refractivity contribution in [3.05, 3.63) is 39.9 Å². The van der Waals surface area contributed by atoms with Gasteiger partial charge in [0.05, 0.1) is 11.2 Å². The Balaban J connectivity index is 1.98. The molecule has 1 aliphatic rings. The lowest BCUT2D eigenvalue weighted by Crippen LogP contribution is -2.23. The third-order valence-corrected chi connectivity index (χ3v) is 4.34. The Labute approximate surface area is 144 Å². The van der Waals surface area contributed by atoms with Crippen LogP contribution in [0.4, 0.5) is 10.1 Å². The molecule has 134 valence electrons. The van der Waals surface area contributed by atoms with Crippen molar-refractivity contribution in [2.24, 2.45) is 0 Å². The molecule has 3 N–H and O–H groups in total. The molecule has 0 radical (unpaired) electrons. The van der Waals surface area contributed by atoms with Gasteiger partial charge in [-0.05, 0) is 37.9 Å². The van der Waals surface area contributed by atoms with Crippen LogP contribution in [0.15, 0.2) is 23.1 Å². The molecule has 3 rings (SSSR count). The Morgan fingerprint density at radius 3 is 2.72 bits per heavy atom. The van der Waals surface area contributed by atoms with Crippen LogP contribution < -0.4 is 16.1 Å². The number of hydrogen-bond acceptors (Lipinski definition) is 4. The molecule has 0 atom stereocenters. The summed E-state index contributed by atoms with van der Waals surface area (Å²) in [5.74, 6) is -1.84. The van der Waals surface area contributed by atoms with Gasteiger partial charge in [0.2, 0.25) is 5.43 Å². The minimum Gasteiger partial charge on any atom is -0.477 e. The van der Waals surface area contributed by atoms with Gasteiger partial charge >= 0.3 is 5.97 Å². The first-order valence-electron chi connectivity index (χ1n) is 8.59. The van der Waals surface area contributed by atoms with Crippen molar-refractivity contribution < 1.29 is 14.3 Å². The van der Waals surface area contributed by atoms with Gasteiger partial charge in [-0.2, -0.15) is 0 Å². The van der Waals surface area contributed by atoms with E-state index >= 15 is 0 Å². The van der Waals surface area contributed by atoms with E-state index in [9.17, 15) is 19.1 Å². The summed E-state index contributed by atoms with van der Waals surface area (Å²) in [7, 11) is 0. The molecule has 0 amide bonds. The maximum atomic E-state index is 14.4. The van der Waals surface area contributed by atoms with E-state index in [1.165, 1.54) is 6.20 Å². The first-order chi connectivity index (χ1) is 12.0. The Morgan fingerprint density at radius 1 is 1.32 bits per heavy atom. The number of anilines is 1. The van der Waals surface area contributed by atoms with Crippen molar-refractivity contribution in [2.45, 2.75) is 32.2 Å². The van der Waals surface area contributed by atoms with Gasteiger partial charge < -0.3 is 20.3 Å². The standard InChI is InChI=1S/C18H22FN3O3/c1-2-5-20-6-7-21-15-9-16-12(8-14(15)19)17(23)13(18(24)25)10-22(16)11-3-4-11/h8-11,20-21H,2-7H2,1H3,(H,24,25). The van der Waals surface area contributed by atoms with Gasteiger partial charge in [-0.15, -0.1) is 0 Å². The highest BCUT2D eigenvalue weighted by molar-refractivity contribution is 5.93. The number of halogens is 1. The predicted molar refractivity (Wildman–Crippen MR) is 95.0 cm³/mol. The summed E-state index contributed by atoms with van der Waals surface area (Å²) in [6.07, 6.45) is 4.27. The lowest BCUT2D eigenvalue weighted by atomic mass is 10.1. The fraction of sp³-hybridized carbons (Fsp3) is 0.444. The number of carboxylic acids is 1. The van der Waals surface area contributed by atoms with Gasteiger partial charge in [0.1, 0.15) is 11.4 Å². The zero-order valence-electron chi connectivity index (χ0n) is 14.1. The molecule has 25 heavy (non-hydrogen) atoms. The first kappa shape index (κ1) is 17.4. The summed E-state index contributed by atoms with van der Waals surface area (Å²) < 4.78 is 16.2. The van der Waals surface area contributed by atoms with E-state index in [0.29, 0.717) is 24.3 Å². The second-order valence-corrected chi connectivity index (χ2v) is 6.34. The number of aromatic nitrogens is 1. The molecule has 7 heteroatoms. The number of hydrogen-bond donors (Lipinski definition) is 3. The minimum atomic E-state index is -1.29. The number of fused-ring (bicyclic) bond motifs is 1. The summed E-state index contributed by atoms with van der Waals surface area (Å²) in [5.41, 5.74) is -0.0664. The molecule has 1 aliphatic carbocycles. The lowest BCUT2D eigenvalue weighted by molar-refractivity contribution is 0.0695. The molecule has 0 spiro atoms. The van der Waals surface area contributed by atoms with E-state index in [0.717, 1.165) is 31.9 Å². The molecule has 0 saturated heterocycles. The number of nitrogens with one attached hydrogen (secondary N) is 2. The molecule has 0 bridgehead atoms. The number of nitrogens with zero attached hydrogens (tertiary/aromatic N) is 1. The molecule has 1 aromatic carbocycles. The number of pyridine rings is 1. The molecule has 0 aliphatic heterocycles. The summed E-state index contributed by atoms with van der Waals surface area (Å²) in [6.45, 7) is 4.25. The van der Waals surface area contributed by atoms with Crippen molar-refractivity contribution in [3.63, 3.8) is 0 Å². The molecule has 1 saturated carbocycles. The van der Waals surface area contributed by atoms with E-state index in [2.05, 4.69) is 17.6 Å². The summed E-state index contributed by atoms with van der Waals surface area (Å²) in [5, 5.41) is 15.6. The Morgan fingerprint density at radius 2 is 2.08 bits per heavy atom. The minimum absolute atomic E-state index is 0.110. The monoisotopic (exact) mass is 347 g/mol. The highest BCUT2D eigenvalue weighted by Crippen LogP contribution is 2.37.